The summed E-state index contributed by atoms with van der Waals surface area (Å²) < 4.78 is 26.8. The van der Waals surface area contributed by atoms with Crippen molar-refractivity contribution in [3.63, 3.8) is 0 Å². The second-order valence-corrected chi connectivity index (χ2v) is 8.69. The van der Waals surface area contributed by atoms with Crippen LogP contribution in [0.1, 0.15) is 43.7 Å². The molecule has 5 unspecified atom stereocenters. The van der Waals surface area contributed by atoms with Crippen LogP contribution >= 0.6 is 0 Å². The highest BCUT2D eigenvalue weighted by Gasteiger charge is 2.46. The number of rotatable bonds is 6. The second-order valence-electron chi connectivity index (χ2n) is 8.69. The Kier molecular flexibility index (Phi) is 6.82. The number of carbonyl (C=O) groups excluding carboxylic acids is 1. The number of amides is 1. The number of piperidine rings is 1. The second kappa shape index (κ2) is 9.57. The highest BCUT2D eigenvalue weighted by molar-refractivity contribution is 5.82. The molecule has 3 aliphatic rings. The van der Waals surface area contributed by atoms with E-state index in [0.717, 1.165) is 32.4 Å². The molecular formula is C22H30F2N6O. The number of nitrogens with one attached hydrogen (secondary N) is 3. The monoisotopic (exact) mass is 432 g/mol. The summed E-state index contributed by atoms with van der Waals surface area (Å²) in [4.78, 5) is 16.8. The van der Waals surface area contributed by atoms with Gasteiger partial charge in [0, 0.05) is 50.0 Å². The lowest BCUT2D eigenvalue weighted by Gasteiger charge is -2.47. The van der Waals surface area contributed by atoms with Crippen LogP contribution in [0.2, 0.25) is 0 Å². The lowest BCUT2D eigenvalue weighted by atomic mass is 9.86. The summed E-state index contributed by atoms with van der Waals surface area (Å²) in [5, 5.41) is 13.2. The van der Waals surface area contributed by atoms with E-state index in [1.54, 1.807) is 12.1 Å². The molecular weight excluding hydrogens is 402 g/mol. The summed E-state index contributed by atoms with van der Waals surface area (Å²) in [6, 6.07) is 9.24. The number of alkyl halides is 2. The average molecular weight is 433 g/mol. The van der Waals surface area contributed by atoms with E-state index >= 15 is 0 Å². The van der Waals surface area contributed by atoms with Crippen molar-refractivity contribution < 1.29 is 13.6 Å². The molecule has 1 aromatic rings. The maximum atomic E-state index is 13.4. The quantitative estimate of drug-likeness (QED) is 0.635. The molecule has 3 saturated heterocycles. The molecule has 7 nitrogen and oxygen atoms in total. The number of hydrazine groups is 1. The fourth-order valence-electron chi connectivity index (χ4n) is 5.38. The number of benzene rings is 1. The van der Waals surface area contributed by atoms with Crippen LogP contribution in [-0.2, 0) is 11.3 Å². The van der Waals surface area contributed by atoms with Crippen molar-refractivity contribution in [3.05, 3.63) is 35.4 Å². The molecule has 3 fully saturated rings. The zero-order chi connectivity index (χ0) is 22.0. The molecule has 9 heteroatoms. The van der Waals surface area contributed by atoms with Crippen LogP contribution in [0.15, 0.2) is 24.3 Å². The lowest BCUT2D eigenvalue weighted by molar-refractivity contribution is -0.131. The Labute approximate surface area is 181 Å². The van der Waals surface area contributed by atoms with Gasteiger partial charge in [-0.2, -0.15) is 5.26 Å². The molecule has 0 bridgehead atoms. The highest BCUT2D eigenvalue weighted by Crippen LogP contribution is 2.31. The molecule has 3 N–H and O–H groups in total. The van der Waals surface area contributed by atoms with Crippen LogP contribution in [0, 0.1) is 17.2 Å². The smallest absolute Gasteiger partial charge is 0.264 e. The summed E-state index contributed by atoms with van der Waals surface area (Å²) in [5.74, 6) is -0.976. The molecule has 0 radical (unpaired) electrons. The summed E-state index contributed by atoms with van der Waals surface area (Å²) in [6.45, 7) is 4.73. The van der Waals surface area contributed by atoms with Gasteiger partial charge >= 0.3 is 0 Å². The zero-order valence-corrected chi connectivity index (χ0v) is 17.7. The predicted octanol–water partition coefficient (Wildman–Crippen LogP) is 1.74. The molecule has 0 spiro atoms. The third kappa shape index (κ3) is 4.44. The molecule has 4 rings (SSSR count). The third-order valence-corrected chi connectivity index (χ3v) is 6.87. The number of nitrogens with zero attached hydrogens (tertiary/aromatic N) is 3. The standard InChI is InChI=1S/C22H30F2N6O/c1-2-5-17-20(16(10-25)22(31)28-27-17)29-9-8-19-18(12-29)26-13-30(19)11-14-6-3-4-7-15(14)21(23)24/h3-4,6-7,16-21,26-27H,2,5,8-9,11-13H2,1H3,(H,28,31). The van der Waals surface area contributed by atoms with E-state index < -0.39 is 12.3 Å². The number of hydrogen-bond acceptors (Lipinski definition) is 6. The van der Waals surface area contributed by atoms with Crippen LogP contribution in [-0.4, -0.2) is 59.6 Å². The Morgan fingerprint density at radius 3 is 2.87 bits per heavy atom. The van der Waals surface area contributed by atoms with Gasteiger partial charge in [-0.05, 0) is 18.4 Å². The van der Waals surface area contributed by atoms with E-state index in [1.807, 2.05) is 6.07 Å². The van der Waals surface area contributed by atoms with Gasteiger partial charge in [-0.25, -0.2) is 14.2 Å². The van der Waals surface area contributed by atoms with Crippen molar-refractivity contribution in [2.24, 2.45) is 5.92 Å². The van der Waals surface area contributed by atoms with Crippen molar-refractivity contribution in [1.82, 2.24) is 26.0 Å². The molecule has 0 saturated carbocycles. The number of fused-ring (bicyclic) bond motifs is 1. The summed E-state index contributed by atoms with van der Waals surface area (Å²) in [6.07, 6.45) is 0.215. The van der Waals surface area contributed by atoms with Gasteiger partial charge in [0.15, 0.2) is 0 Å². The van der Waals surface area contributed by atoms with Crippen LogP contribution in [0.25, 0.3) is 0 Å². The van der Waals surface area contributed by atoms with E-state index in [-0.39, 0.29) is 35.6 Å². The van der Waals surface area contributed by atoms with E-state index in [1.165, 1.54) is 6.07 Å². The molecule has 0 aliphatic carbocycles. The van der Waals surface area contributed by atoms with Gasteiger partial charge in [-0.1, -0.05) is 37.6 Å². The Balaban J connectivity index is 1.46. The van der Waals surface area contributed by atoms with Crippen LogP contribution in [0.5, 0.6) is 0 Å². The summed E-state index contributed by atoms with van der Waals surface area (Å²) in [7, 11) is 0. The molecule has 3 aliphatic heterocycles. The van der Waals surface area contributed by atoms with Crippen molar-refractivity contribution in [2.75, 3.05) is 19.8 Å². The van der Waals surface area contributed by atoms with Gasteiger partial charge in [0.05, 0.1) is 12.1 Å². The van der Waals surface area contributed by atoms with Crippen molar-refractivity contribution in [3.8, 4) is 6.07 Å². The zero-order valence-electron chi connectivity index (χ0n) is 17.7. The Morgan fingerprint density at radius 1 is 1.32 bits per heavy atom. The molecule has 1 aromatic carbocycles. The Bertz CT molecular complexity index is 830. The first kappa shape index (κ1) is 22.1. The van der Waals surface area contributed by atoms with E-state index in [4.69, 9.17) is 0 Å². The molecule has 0 aromatic heterocycles. The third-order valence-electron chi connectivity index (χ3n) is 6.87. The maximum Gasteiger partial charge on any atom is 0.264 e. The number of halogens is 2. The number of nitriles is 1. The molecule has 1 amide bonds. The minimum Gasteiger partial charge on any atom is -0.299 e. The molecule has 5 atom stereocenters. The topological polar surface area (TPSA) is 83.4 Å². The van der Waals surface area contributed by atoms with Crippen LogP contribution < -0.4 is 16.2 Å². The van der Waals surface area contributed by atoms with E-state index in [2.05, 4.69) is 39.0 Å². The van der Waals surface area contributed by atoms with Gasteiger partial charge in [0.25, 0.3) is 12.3 Å². The minimum atomic E-state index is -2.48. The molecule has 31 heavy (non-hydrogen) atoms. The van der Waals surface area contributed by atoms with Gasteiger partial charge in [0.1, 0.15) is 5.92 Å². The normalized spacial score (nSPS) is 32.0. The summed E-state index contributed by atoms with van der Waals surface area (Å²) >= 11 is 0. The van der Waals surface area contributed by atoms with Gasteiger partial charge in [-0.3, -0.25) is 25.3 Å². The van der Waals surface area contributed by atoms with E-state index in [9.17, 15) is 18.8 Å². The van der Waals surface area contributed by atoms with Gasteiger partial charge < -0.3 is 0 Å². The van der Waals surface area contributed by atoms with Crippen molar-refractivity contribution >= 4 is 5.91 Å². The van der Waals surface area contributed by atoms with Gasteiger partial charge in [0.2, 0.25) is 0 Å². The van der Waals surface area contributed by atoms with Crippen molar-refractivity contribution in [1.29, 1.82) is 5.26 Å². The first-order valence-electron chi connectivity index (χ1n) is 11.1. The first-order chi connectivity index (χ1) is 15.0. The predicted molar refractivity (Wildman–Crippen MR) is 112 cm³/mol. The Morgan fingerprint density at radius 2 is 2.13 bits per heavy atom. The SMILES string of the molecule is CCCC1NNC(=O)C(C#N)C1N1CCC2C(C1)NCN2Cc1ccccc1C(F)F. The number of hydrogen-bond donors (Lipinski definition) is 3. The van der Waals surface area contributed by atoms with E-state index in [0.29, 0.717) is 18.8 Å². The number of likely N-dealkylation sites (tertiary alicyclic amines) is 1. The van der Waals surface area contributed by atoms with Gasteiger partial charge in [-0.15, -0.1) is 0 Å². The lowest BCUT2D eigenvalue weighted by Crippen LogP contribution is -2.68. The fraction of sp³-hybridized carbons (Fsp3) is 0.636. The van der Waals surface area contributed by atoms with Crippen LogP contribution in [0.3, 0.4) is 0 Å². The fourth-order valence-corrected chi connectivity index (χ4v) is 5.38. The average Bonchev–Trinajstić information content (AvgIpc) is 3.17. The first-order valence-corrected chi connectivity index (χ1v) is 11.1. The number of carbonyl (C=O) groups is 1. The molecule has 168 valence electrons. The van der Waals surface area contributed by atoms with Crippen molar-refractivity contribution in [2.45, 2.75) is 63.3 Å². The largest absolute Gasteiger partial charge is 0.299 e. The Hall–Kier alpha value is -2.12. The highest BCUT2D eigenvalue weighted by atomic mass is 19.3. The minimum absolute atomic E-state index is 0.0272. The maximum absolute atomic E-state index is 13.4. The molecule has 3 heterocycles. The summed E-state index contributed by atoms with van der Waals surface area (Å²) in [5.41, 5.74) is 6.53. The van der Waals surface area contributed by atoms with Crippen LogP contribution in [0.4, 0.5) is 8.78 Å².